The zero-order valence-corrected chi connectivity index (χ0v) is 17.9. The molecule has 0 fully saturated rings. The van der Waals surface area contributed by atoms with Crippen molar-refractivity contribution in [3.63, 3.8) is 0 Å². The van der Waals surface area contributed by atoms with Crippen molar-refractivity contribution in [1.29, 1.82) is 5.26 Å². The first-order valence-electron chi connectivity index (χ1n) is 9.51. The fourth-order valence-corrected chi connectivity index (χ4v) is 3.59. The van der Waals surface area contributed by atoms with E-state index in [9.17, 15) is 10.1 Å². The Hall–Kier alpha value is -3.31. The molecular weight excluding hydrogens is 402 g/mol. The van der Waals surface area contributed by atoms with Gasteiger partial charge in [0.05, 0.1) is 25.4 Å². The lowest BCUT2D eigenvalue weighted by molar-refractivity contribution is -0.118. The predicted molar refractivity (Wildman–Crippen MR) is 117 cm³/mol. The average molecular weight is 426 g/mol. The summed E-state index contributed by atoms with van der Waals surface area (Å²) in [4.78, 5) is 14.3. The highest BCUT2D eigenvalue weighted by atomic mass is 32.1. The quantitative estimate of drug-likeness (QED) is 0.657. The maximum absolute atomic E-state index is 12.5. The minimum absolute atomic E-state index is 0.0543. The lowest BCUT2D eigenvalue weighted by atomic mass is 10.1. The zero-order valence-electron chi connectivity index (χ0n) is 17.0. The van der Waals surface area contributed by atoms with Gasteiger partial charge in [0.15, 0.2) is 11.5 Å². The lowest BCUT2D eigenvalue weighted by Crippen LogP contribution is -2.46. The first-order valence-corrected chi connectivity index (χ1v) is 9.95. The molecule has 1 heterocycles. The minimum atomic E-state index is -0.593. The number of methoxy groups -OCH3 is 1. The van der Waals surface area contributed by atoms with Gasteiger partial charge in [-0.15, -0.1) is 12.6 Å². The standard InChI is InChI=1S/C22H23N3O4S/c1-4-28-16-9-7-15(8-10-16)25-20(24-21(26)17(13-23)22(25)30)14-6-11-18(29-5-2)19(12-14)27-3/h6-12,20,30H,4-5H2,1-3H3,(H,24,26). The number of nitriles is 1. The normalized spacial score (nSPS) is 16.0. The largest absolute Gasteiger partial charge is 0.494 e. The molecule has 3 rings (SSSR count). The number of anilines is 1. The Labute approximate surface area is 181 Å². The molecule has 8 heteroatoms. The lowest BCUT2D eigenvalue weighted by Gasteiger charge is -2.38. The van der Waals surface area contributed by atoms with Crippen molar-refractivity contribution < 1.29 is 19.0 Å². The summed E-state index contributed by atoms with van der Waals surface area (Å²) in [6, 6.07) is 14.7. The third-order valence-corrected chi connectivity index (χ3v) is 4.98. The van der Waals surface area contributed by atoms with Crippen LogP contribution in [-0.4, -0.2) is 26.2 Å². The van der Waals surface area contributed by atoms with E-state index in [1.807, 2.05) is 50.2 Å². The maximum atomic E-state index is 12.5. The van der Waals surface area contributed by atoms with Gasteiger partial charge < -0.3 is 24.4 Å². The summed E-state index contributed by atoms with van der Waals surface area (Å²) in [5.41, 5.74) is 1.44. The molecule has 1 aliphatic rings. The number of hydrogen-bond acceptors (Lipinski definition) is 7. The van der Waals surface area contributed by atoms with Crippen molar-refractivity contribution >= 4 is 24.2 Å². The van der Waals surface area contributed by atoms with E-state index in [1.165, 1.54) is 0 Å². The second-order valence-electron chi connectivity index (χ2n) is 6.33. The number of hydrogen-bond donors (Lipinski definition) is 2. The molecule has 30 heavy (non-hydrogen) atoms. The maximum Gasteiger partial charge on any atom is 0.266 e. The summed E-state index contributed by atoms with van der Waals surface area (Å²) in [7, 11) is 1.56. The second-order valence-corrected chi connectivity index (χ2v) is 6.75. The molecule has 0 saturated carbocycles. The van der Waals surface area contributed by atoms with E-state index in [2.05, 4.69) is 17.9 Å². The van der Waals surface area contributed by atoms with Crippen molar-refractivity contribution in [2.75, 3.05) is 25.2 Å². The van der Waals surface area contributed by atoms with Crippen molar-refractivity contribution in [2.45, 2.75) is 20.0 Å². The third kappa shape index (κ3) is 4.16. The summed E-state index contributed by atoms with van der Waals surface area (Å²) in [5.74, 6) is 1.40. The number of thiol groups is 1. The van der Waals surface area contributed by atoms with Crippen molar-refractivity contribution in [3.8, 4) is 23.3 Å². The van der Waals surface area contributed by atoms with E-state index in [4.69, 9.17) is 14.2 Å². The molecule has 0 saturated heterocycles. The number of amides is 1. The predicted octanol–water partition coefficient (Wildman–Crippen LogP) is 3.79. The molecule has 1 N–H and O–H groups in total. The van der Waals surface area contributed by atoms with Crippen LogP contribution in [0, 0.1) is 11.3 Å². The Morgan fingerprint density at radius 3 is 2.40 bits per heavy atom. The Morgan fingerprint density at radius 1 is 1.10 bits per heavy atom. The number of carbonyl (C=O) groups excluding carboxylic acids is 1. The molecule has 1 atom stereocenters. The van der Waals surface area contributed by atoms with Gasteiger partial charge in [0, 0.05) is 5.69 Å². The van der Waals surface area contributed by atoms with E-state index in [-0.39, 0.29) is 10.6 Å². The van der Waals surface area contributed by atoms with Gasteiger partial charge in [-0.3, -0.25) is 4.79 Å². The minimum Gasteiger partial charge on any atom is -0.494 e. The summed E-state index contributed by atoms with van der Waals surface area (Å²) in [5, 5.41) is 12.6. The summed E-state index contributed by atoms with van der Waals surface area (Å²) < 4.78 is 16.6. The van der Waals surface area contributed by atoms with Gasteiger partial charge >= 0.3 is 0 Å². The van der Waals surface area contributed by atoms with Gasteiger partial charge in [0.1, 0.15) is 23.6 Å². The zero-order chi connectivity index (χ0) is 21.7. The van der Waals surface area contributed by atoms with E-state index in [0.29, 0.717) is 24.7 Å². The molecule has 1 amide bonds. The number of ether oxygens (including phenoxy) is 3. The van der Waals surface area contributed by atoms with Crippen LogP contribution in [0.15, 0.2) is 53.1 Å². The highest BCUT2D eigenvalue weighted by Crippen LogP contribution is 2.39. The summed E-state index contributed by atoms with van der Waals surface area (Å²) in [6.45, 7) is 4.87. The molecule has 0 aromatic heterocycles. The Morgan fingerprint density at radius 2 is 1.80 bits per heavy atom. The molecule has 2 aromatic rings. The molecule has 2 aromatic carbocycles. The number of carbonyl (C=O) groups is 1. The van der Waals surface area contributed by atoms with Crippen LogP contribution in [0.1, 0.15) is 25.6 Å². The highest BCUT2D eigenvalue weighted by molar-refractivity contribution is 7.84. The van der Waals surface area contributed by atoms with Crippen molar-refractivity contribution in [3.05, 3.63) is 58.6 Å². The third-order valence-electron chi connectivity index (χ3n) is 4.55. The first kappa shape index (κ1) is 21.4. The molecule has 7 nitrogen and oxygen atoms in total. The van der Waals surface area contributed by atoms with Crippen molar-refractivity contribution in [1.82, 2.24) is 5.32 Å². The molecule has 0 bridgehead atoms. The van der Waals surface area contributed by atoms with E-state index < -0.39 is 12.1 Å². The molecule has 0 spiro atoms. The van der Waals surface area contributed by atoms with Gasteiger partial charge in [0.25, 0.3) is 5.91 Å². The summed E-state index contributed by atoms with van der Waals surface area (Å²) >= 11 is 4.52. The Kier molecular flexibility index (Phi) is 6.75. The monoisotopic (exact) mass is 425 g/mol. The van der Waals surface area contributed by atoms with Crippen LogP contribution in [0.4, 0.5) is 5.69 Å². The second kappa shape index (κ2) is 9.46. The number of nitrogens with zero attached hydrogens (tertiary/aromatic N) is 2. The van der Waals surface area contributed by atoms with E-state index in [0.717, 1.165) is 17.0 Å². The van der Waals surface area contributed by atoms with Crippen LogP contribution >= 0.6 is 12.6 Å². The topological polar surface area (TPSA) is 83.8 Å². The van der Waals surface area contributed by atoms with Crippen LogP contribution in [-0.2, 0) is 4.79 Å². The average Bonchev–Trinajstić information content (AvgIpc) is 2.75. The Balaban J connectivity index is 2.08. The van der Waals surface area contributed by atoms with E-state index in [1.54, 1.807) is 24.1 Å². The molecule has 1 aliphatic heterocycles. The van der Waals surface area contributed by atoms with Crippen LogP contribution < -0.4 is 24.4 Å². The van der Waals surface area contributed by atoms with Gasteiger partial charge in [-0.2, -0.15) is 5.26 Å². The highest BCUT2D eigenvalue weighted by Gasteiger charge is 2.34. The van der Waals surface area contributed by atoms with Gasteiger partial charge in [0.2, 0.25) is 0 Å². The van der Waals surface area contributed by atoms with Gasteiger partial charge in [-0.05, 0) is 55.8 Å². The van der Waals surface area contributed by atoms with E-state index >= 15 is 0 Å². The SMILES string of the molecule is CCOc1ccc(N2C(S)=C(C#N)C(=O)NC2c2ccc(OCC)c(OC)c2)cc1. The number of benzene rings is 2. The molecule has 0 radical (unpaired) electrons. The van der Waals surface area contributed by atoms with Crippen LogP contribution in [0.3, 0.4) is 0 Å². The Bertz CT molecular complexity index is 998. The molecule has 156 valence electrons. The molecule has 1 unspecified atom stereocenters. The van der Waals surface area contributed by atoms with Crippen LogP contribution in [0.5, 0.6) is 17.2 Å². The van der Waals surface area contributed by atoms with Crippen LogP contribution in [0.25, 0.3) is 0 Å². The molecule has 0 aliphatic carbocycles. The van der Waals surface area contributed by atoms with Gasteiger partial charge in [-0.25, -0.2) is 0 Å². The van der Waals surface area contributed by atoms with Crippen molar-refractivity contribution in [2.24, 2.45) is 0 Å². The smallest absolute Gasteiger partial charge is 0.266 e. The summed E-state index contributed by atoms with van der Waals surface area (Å²) in [6.07, 6.45) is -0.593. The number of rotatable bonds is 7. The van der Waals surface area contributed by atoms with Crippen LogP contribution in [0.2, 0.25) is 0 Å². The fourth-order valence-electron chi connectivity index (χ4n) is 3.21. The first-order chi connectivity index (χ1) is 14.5. The molecular formula is C22H23N3O4S. The fraction of sp³-hybridized carbons (Fsp3) is 0.273. The number of nitrogens with one attached hydrogen (secondary N) is 1. The van der Waals surface area contributed by atoms with Gasteiger partial charge in [-0.1, -0.05) is 6.07 Å².